The lowest BCUT2D eigenvalue weighted by molar-refractivity contribution is 0.446. The van der Waals surface area contributed by atoms with E-state index in [0.29, 0.717) is 12.0 Å². The standard InChI is InChI=1S/C17H22BrNS/c1-13(2)19-12-15(11-17-4-3-9-20-17)10-14-5-7-16(18)8-6-14/h3-9,13,15,19H,10-12H2,1-2H3. The van der Waals surface area contributed by atoms with Gasteiger partial charge in [-0.3, -0.25) is 0 Å². The van der Waals surface area contributed by atoms with Crippen LogP contribution in [0.3, 0.4) is 0 Å². The lowest BCUT2D eigenvalue weighted by Crippen LogP contribution is -2.30. The number of halogens is 1. The van der Waals surface area contributed by atoms with E-state index in [1.807, 2.05) is 11.3 Å². The maximum atomic E-state index is 3.59. The van der Waals surface area contributed by atoms with Crippen LogP contribution in [-0.4, -0.2) is 12.6 Å². The largest absolute Gasteiger partial charge is 0.314 e. The minimum atomic E-state index is 0.547. The van der Waals surface area contributed by atoms with Crippen molar-refractivity contribution in [3.63, 3.8) is 0 Å². The first-order valence-electron chi connectivity index (χ1n) is 7.13. The lowest BCUT2D eigenvalue weighted by atomic mass is 9.95. The summed E-state index contributed by atoms with van der Waals surface area (Å²) >= 11 is 5.36. The molecule has 0 aliphatic heterocycles. The Labute approximate surface area is 134 Å². The molecule has 1 aromatic heterocycles. The maximum absolute atomic E-state index is 3.59. The summed E-state index contributed by atoms with van der Waals surface area (Å²) in [7, 11) is 0. The molecule has 1 aromatic carbocycles. The smallest absolute Gasteiger partial charge is 0.0175 e. The van der Waals surface area contributed by atoms with Crippen LogP contribution in [0.5, 0.6) is 0 Å². The van der Waals surface area contributed by atoms with Gasteiger partial charge in [-0.15, -0.1) is 11.3 Å². The number of benzene rings is 1. The van der Waals surface area contributed by atoms with Crippen molar-refractivity contribution in [3.05, 3.63) is 56.7 Å². The molecule has 0 saturated carbocycles. The zero-order valence-corrected chi connectivity index (χ0v) is 14.5. The minimum absolute atomic E-state index is 0.547. The van der Waals surface area contributed by atoms with Gasteiger partial charge in [0.25, 0.3) is 0 Å². The van der Waals surface area contributed by atoms with Crippen LogP contribution < -0.4 is 5.32 Å². The average Bonchev–Trinajstić information content (AvgIpc) is 2.91. The highest BCUT2D eigenvalue weighted by Gasteiger charge is 2.12. The van der Waals surface area contributed by atoms with Crippen LogP contribution >= 0.6 is 27.3 Å². The molecule has 20 heavy (non-hydrogen) atoms. The molecule has 0 aliphatic carbocycles. The number of rotatable bonds is 7. The fraction of sp³-hybridized carbons (Fsp3) is 0.412. The summed E-state index contributed by atoms with van der Waals surface area (Å²) in [4.78, 5) is 1.48. The van der Waals surface area contributed by atoms with Gasteiger partial charge in [-0.2, -0.15) is 0 Å². The Hall–Kier alpha value is -0.640. The second-order valence-electron chi connectivity index (χ2n) is 5.54. The summed E-state index contributed by atoms with van der Waals surface area (Å²) < 4.78 is 1.15. The average molecular weight is 352 g/mol. The molecule has 3 heteroatoms. The molecule has 1 nitrogen and oxygen atoms in total. The van der Waals surface area contributed by atoms with E-state index >= 15 is 0 Å². The van der Waals surface area contributed by atoms with Crippen molar-refractivity contribution in [2.75, 3.05) is 6.54 Å². The molecule has 1 atom stereocenters. The molecular weight excluding hydrogens is 330 g/mol. The van der Waals surface area contributed by atoms with Crippen molar-refractivity contribution in [1.82, 2.24) is 5.32 Å². The molecule has 0 bridgehead atoms. The van der Waals surface area contributed by atoms with Crippen molar-refractivity contribution >= 4 is 27.3 Å². The van der Waals surface area contributed by atoms with E-state index in [0.717, 1.165) is 23.9 Å². The Kier molecular flexibility index (Phi) is 6.27. The molecular formula is C17H22BrNS. The Morgan fingerprint density at radius 2 is 1.85 bits per heavy atom. The van der Waals surface area contributed by atoms with Crippen molar-refractivity contribution in [2.24, 2.45) is 5.92 Å². The third-order valence-corrected chi connectivity index (χ3v) is 4.75. The number of hydrogen-bond acceptors (Lipinski definition) is 2. The zero-order valence-electron chi connectivity index (χ0n) is 12.1. The van der Waals surface area contributed by atoms with Crippen LogP contribution in [0, 0.1) is 5.92 Å². The van der Waals surface area contributed by atoms with Gasteiger partial charge in [-0.05, 0) is 54.4 Å². The first-order valence-corrected chi connectivity index (χ1v) is 8.81. The Morgan fingerprint density at radius 3 is 2.45 bits per heavy atom. The van der Waals surface area contributed by atoms with Crippen molar-refractivity contribution in [1.29, 1.82) is 0 Å². The molecule has 2 rings (SSSR count). The zero-order chi connectivity index (χ0) is 14.4. The molecule has 0 saturated heterocycles. The van der Waals surface area contributed by atoms with E-state index in [4.69, 9.17) is 0 Å². The van der Waals surface area contributed by atoms with Crippen molar-refractivity contribution in [3.8, 4) is 0 Å². The van der Waals surface area contributed by atoms with E-state index < -0.39 is 0 Å². The van der Waals surface area contributed by atoms with Crippen LogP contribution in [0.15, 0.2) is 46.3 Å². The summed E-state index contributed by atoms with van der Waals surface area (Å²) in [6, 6.07) is 13.6. The lowest BCUT2D eigenvalue weighted by Gasteiger charge is -2.19. The van der Waals surface area contributed by atoms with Crippen LogP contribution in [0.1, 0.15) is 24.3 Å². The minimum Gasteiger partial charge on any atom is -0.314 e. The topological polar surface area (TPSA) is 12.0 Å². The van der Waals surface area contributed by atoms with Crippen molar-refractivity contribution in [2.45, 2.75) is 32.7 Å². The summed E-state index contributed by atoms with van der Waals surface area (Å²) in [6.07, 6.45) is 2.29. The second kappa shape index (κ2) is 7.96. The van der Waals surface area contributed by atoms with E-state index in [1.165, 1.54) is 10.4 Å². The summed E-state index contributed by atoms with van der Waals surface area (Å²) in [5, 5.41) is 5.75. The van der Waals surface area contributed by atoms with Crippen LogP contribution in [0.25, 0.3) is 0 Å². The highest BCUT2D eigenvalue weighted by Crippen LogP contribution is 2.19. The number of hydrogen-bond donors (Lipinski definition) is 1. The SMILES string of the molecule is CC(C)NCC(Cc1ccc(Br)cc1)Cc1cccs1. The van der Waals surface area contributed by atoms with Gasteiger partial charge in [0, 0.05) is 15.4 Å². The molecule has 1 unspecified atom stereocenters. The first-order chi connectivity index (χ1) is 9.63. The molecule has 2 aromatic rings. The van der Waals surface area contributed by atoms with Gasteiger partial charge in [-0.1, -0.05) is 48.0 Å². The van der Waals surface area contributed by atoms with Gasteiger partial charge in [0.15, 0.2) is 0 Å². The molecule has 108 valence electrons. The van der Waals surface area contributed by atoms with Gasteiger partial charge in [0.05, 0.1) is 0 Å². The fourth-order valence-electron chi connectivity index (χ4n) is 2.29. The van der Waals surface area contributed by atoms with Crippen LogP contribution in [0.2, 0.25) is 0 Å². The van der Waals surface area contributed by atoms with Gasteiger partial charge in [0.2, 0.25) is 0 Å². The summed E-state index contributed by atoms with van der Waals surface area (Å²) in [5.74, 6) is 0.650. The molecule has 1 heterocycles. The summed E-state index contributed by atoms with van der Waals surface area (Å²) in [6.45, 7) is 5.50. The Bertz CT molecular complexity index is 490. The highest BCUT2D eigenvalue weighted by molar-refractivity contribution is 9.10. The van der Waals surface area contributed by atoms with Gasteiger partial charge in [-0.25, -0.2) is 0 Å². The van der Waals surface area contributed by atoms with Crippen molar-refractivity contribution < 1.29 is 0 Å². The number of nitrogens with one attached hydrogen (secondary N) is 1. The first kappa shape index (κ1) is 15.7. The van der Waals surface area contributed by atoms with Gasteiger partial charge < -0.3 is 5.32 Å². The molecule has 0 amide bonds. The Morgan fingerprint density at radius 1 is 1.10 bits per heavy atom. The van der Waals surface area contributed by atoms with E-state index in [2.05, 4.69) is 76.9 Å². The van der Waals surface area contributed by atoms with Gasteiger partial charge >= 0.3 is 0 Å². The second-order valence-corrected chi connectivity index (χ2v) is 7.49. The highest BCUT2D eigenvalue weighted by atomic mass is 79.9. The molecule has 0 fully saturated rings. The molecule has 0 spiro atoms. The predicted molar refractivity (Wildman–Crippen MR) is 92.5 cm³/mol. The summed E-state index contributed by atoms with van der Waals surface area (Å²) in [5.41, 5.74) is 1.42. The van der Waals surface area contributed by atoms with Crippen LogP contribution in [0.4, 0.5) is 0 Å². The van der Waals surface area contributed by atoms with Crippen LogP contribution in [-0.2, 0) is 12.8 Å². The Balaban J connectivity index is 1.99. The van der Waals surface area contributed by atoms with Gasteiger partial charge in [0.1, 0.15) is 0 Å². The third-order valence-electron chi connectivity index (χ3n) is 3.32. The van der Waals surface area contributed by atoms with E-state index in [9.17, 15) is 0 Å². The molecule has 0 aliphatic rings. The maximum Gasteiger partial charge on any atom is 0.0175 e. The molecule has 0 radical (unpaired) electrons. The fourth-order valence-corrected chi connectivity index (χ4v) is 3.37. The normalized spacial score (nSPS) is 12.8. The third kappa shape index (κ3) is 5.39. The predicted octanol–water partition coefficient (Wildman–Crippen LogP) is 4.91. The quantitative estimate of drug-likeness (QED) is 0.747. The van der Waals surface area contributed by atoms with E-state index in [1.54, 1.807) is 0 Å². The number of thiophene rings is 1. The monoisotopic (exact) mass is 351 g/mol. The van der Waals surface area contributed by atoms with E-state index in [-0.39, 0.29) is 0 Å². The molecule has 1 N–H and O–H groups in total.